The Kier molecular flexibility index (Phi) is 5.48. The molecule has 6 nitrogen and oxygen atoms in total. The Labute approximate surface area is 176 Å². The van der Waals surface area contributed by atoms with Crippen molar-refractivity contribution >= 4 is 17.3 Å². The van der Waals surface area contributed by atoms with Crippen LogP contribution in [0.2, 0.25) is 0 Å². The number of benzene rings is 2. The van der Waals surface area contributed by atoms with Crippen LogP contribution in [0, 0.1) is 0 Å². The van der Waals surface area contributed by atoms with Gasteiger partial charge in [-0.25, -0.2) is 0 Å². The Morgan fingerprint density at radius 3 is 2.10 bits per heavy atom. The second-order valence-corrected chi connectivity index (χ2v) is 7.30. The number of fused-ring (bicyclic) bond motifs is 1. The van der Waals surface area contributed by atoms with Gasteiger partial charge in [0.05, 0.1) is 28.4 Å². The number of nitrogens with two attached hydrogens (primary N) is 1. The van der Waals surface area contributed by atoms with E-state index in [1.165, 1.54) is 17.6 Å². The van der Waals surface area contributed by atoms with Crippen molar-refractivity contribution < 1.29 is 23.7 Å². The second kappa shape index (κ2) is 8.22. The molecule has 6 heteroatoms. The third kappa shape index (κ3) is 3.32. The molecule has 0 amide bonds. The number of hydrogen-bond acceptors (Lipinski definition) is 6. The highest BCUT2D eigenvalue weighted by atomic mass is 16.5. The van der Waals surface area contributed by atoms with Crippen LogP contribution < -0.4 is 29.4 Å². The van der Waals surface area contributed by atoms with Crippen LogP contribution in [-0.2, 0) is 0 Å². The van der Waals surface area contributed by atoms with Gasteiger partial charge in [0.15, 0.2) is 17.2 Å². The van der Waals surface area contributed by atoms with Gasteiger partial charge in [0.2, 0.25) is 5.75 Å². The Hall–Kier alpha value is -3.28. The van der Waals surface area contributed by atoms with Crippen molar-refractivity contribution in [2.24, 2.45) is 0 Å². The van der Waals surface area contributed by atoms with Gasteiger partial charge in [0, 0.05) is 5.56 Å². The van der Waals surface area contributed by atoms with Gasteiger partial charge >= 0.3 is 0 Å². The minimum absolute atomic E-state index is 0.430. The third-order valence-electron chi connectivity index (χ3n) is 5.69. The molecular formula is C24H27NO5. The molecule has 2 aliphatic rings. The lowest BCUT2D eigenvalue weighted by Gasteiger charge is -2.28. The van der Waals surface area contributed by atoms with E-state index in [9.17, 15) is 0 Å². The zero-order valence-corrected chi connectivity index (χ0v) is 17.8. The second-order valence-electron chi connectivity index (χ2n) is 7.30. The number of anilines is 1. The molecule has 4 rings (SSSR count). The Morgan fingerprint density at radius 1 is 0.900 bits per heavy atom. The van der Waals surface area contributed by atoms with Gasteiger partial charge in [-0.15, -0.1) is 0 Å². The molecule has 0 bridgehead atoms. The van der Waals surface area contributed by atoms with E-state index < -0.39 is 0 Å². The fourth-order valence-corrected chi connectivity index (χ4v) is 4.02. The van der Waals surface area contributed by atoms with E-state index in [4.69, 9.17) is 29.4 Å². The molecule has 158 valence electrons. The van der Waals surface area contributed by atoms with Gasteiger partial charge in [-0.1, -0.05) is 5.57 Å². The topological polar surface area (TPSA) is 72.2 Å². The first-order valence-electron chi connectivity index (χ1n) is 9.93. The summed E-state index contributed by atoms with van der Waals surface area (Å²) in [7, 11) is 6.48. The number of rotatable bonds is 6. The summed E-state index contributed by atoms with van der Waals surface area (Å²) in [6.45, 7) is 0.430. The Balaban J connectivity index is 1.84. The van der Waals surface area contributed by atoms with Gasteiger partial charge in [-0.05, 0) is 66.3 Å². The molecule has 2 N–H and O–H groups in total. The summed E-state index contributed by atoms with van der Waals surface area (Å²) < 4.78 is 28.1. The van der Waals surface area contributed by atoms with E-state index in [2.05, 4.69) is 6.08 Å². The van der Waals surface area contributed by atoms with Gasteiger partial charge in [0.1, 0.15) is 18.0 Å². The standard InChI is InChI=1S/C24H27NO5/c1-26-18-9-8-15-10-17(13-30-23(15)22(18)25)21(14-6-5-7-14)16-11-19(27-2)24(29-4)20(12-16)28-3/h8-12H,5-7,13,25H2,1-4H3. The van der Waals surface area contributed by atoms with Crippen molar-refractivity contribution in [1.82, 2.24) is 0 Å². The molecule has 1 heterocycles. The summed E-state index contributed by atoms with van der Waals surface area (Å²) in [5.74, 6) is 3.14. The Morgan fingerprint density at radius 2 is 1.57 bits per heavy atom. The first-order valence-corrected chi connectivity index (χ1v) is 9.93. The quantitative estimate of drug-likeness (QED) is 0.696. The lowest BCUT2D eigenvalue weighted by Crippen LogP contribution is -2.14. The van der Waals surface area contributed by atoms with Crippen LogP contribution in [0.25, 0.3) is 11.6 Å². The summed E-state index contributed by atoms with van der Waals surface area (Å²) >= 11 is 0. The molecule has 30 heavy (non-hydrogen) atoms. The third-order valence-corrected chi connectivity index (χ3v) is 5.69. The number of ether oxygens (including phenoxy) is 5. The SMILES string of the molecule is COc1ccc2c(c1N)OCC(C(=C1CCC1)c1cc(OC)c(OC)c(OC)c1)=C2. The molecule has 1 fully saturated rings. The van der Waals surface area contributed by atoms with Crippen molar-refractivity contribution in [3.05, 3.63) is 46.5 Å². The van der Waals surface area contributed by atoms with Gasteiger partial charge in [-0.2, -0.15) is 0 Å². The van der Waals surface area contributed by atoms with E-state index in [1.54, 1.807) is 28.4 Å². The monoisotopic (exact) mass is 409 g/mol. The van der Waals surface area contributed by atoms with Gasteiger partial charge < -0.3 is 29.4 Å². The minimum atomic E-state index is 0.430. The fraction of sp³-hybridized carbons (Fsp3) is 0.333. The van der Waals surface area contributed by atoms with E-state index in [-0.39, 0.29) is 0 Å². The smallest absolute Gasteiger partial charge is 0.203 e. The van der Waals surface area contributed by atoms with Gasteiger partial charge in [0.25, 0.3) is 0 Å². The average molecular weight is 409 g/mol. The number of methoxy groups -OCH3 is 4. The maximum absolute atomic E-state index is 6.21. The largest absolute Gasteiger partial charge is 0.494 e. The van der Waals surface area contributed by atoms with Crippen molar-refractivity contribution in [3.8, 4) is 28.7 Å². The normalized spacial score (nSPS) is 14.7. The molecule has 2 aromatic carbocycles. The van der Waals surface area contributed by atoms with E-state index in [1.807, 2.05) is 24.3 Å². The molecule has 1 aliphatic carbocycles. The van der Waals surface area contributed by atoms with Crippen molar-refractivity contribution in [1.29, 1.82) is 0 Å². The van der Waals surface area contributed by atoms with E-state index in [0.29, 0.717) is 41.0 Å². The molecule has 0 aromatic heterocycles. The van der Waals surface area contributed by atoms with Crippen LogP contribution in [0.1, 0.15) is 30.4 Å². The van der Waals surface area contributed by atoms with Crippen molar-refractivity contribution in [2.75, 3.05) is 40.8 Å². The summed E-state index contributed by atoms with van der Waals surface area (Å²) in [4.78, 5) is 0. The first kappa shape index (κ1) is 20.0. The van der Waals surface area contributed by atoms with E-state index >= 15 is 0 Å². The first-order chi connectivity index (χ1) is 14.6. The molecular weight excluding hydrogens is 382 g/mol. The van der Waals surface area contributed by atoms with Gasteiger partial charge in [-0.3, -0.25) is 0 Å². The van der Waals surface area contributed by atoms with Crippen LogP contribution in [0.3, 0.4) is 0 Å². The fourth-order valence-electron chi connectivity index (χ4n) is 4.02. The van der Waals surface area contributed by atoms with E-state index in [0.717, 1.165) is 29.5 Å². The van der Waals surface area contributed by atoms with Crippen LogP contribution in [0.15, 0.2) is 35.4 Å². The predicted molar refractivity (Wildman–Crippen MR) is 118 cm³/mol. The lowest BCUT2D eigenvalue weighted by atomic mass is 9.81. The maximum Gasteiger partial charge on any atom is 0.203 e. The van der Waals surface area contributed by atoms with Crippen LogP contribution in [0.5, 0.6) is 28.7 Å². The highest BCUT2D eigenvalue weighted by Crippen LogP contribution is 2.47. The average Bonchev–Trinajstić information content (AvgIpc) is 2.75. The molecule has 0 spiro atoms. The summed E-state index contributed by atoms with van der Waals surface area (Å²) in [6, 6.07) is 7.84. The predicted octanol–water partition coefficient (Wildman–Crippen LogP) is 4.72. The highest BCUT2D eigenvalue weighted by Gasteiger charge is 2.26. The molecule has 0 saturated heterocycles. The molecule has 0 atom stereocenters. The maximum atomic E-state index is 6.21. The highest BCUT2D eigenvalue weighted by molar-refractivity contribution is 5.91. The number of nitrogen functional groups attached to an aromatic ring is 1. The molecule has 0 unspecified atom stereocenters. The molecule has 2 aromatic rings. The summed E-state index contributed by atoms with van der Waals surface area (Å²) in [5, 5.41) is 0. The van der Waals surface area contributed by atoms with Crippen molar-refractivity contribution in [2.45, 2.75) is 19.3 Å². The molecule has 0 radical (unpaired) electrons. The minimum Gasteiger partial charge on any atom is -0.494 e. The summed E-state index contributed by atoms with van der Waals surface area (Å²) in [6.07, 6.45) is 5.48. The van der Waals surface area contributed by atoms with Crippen LogP contribution in [0.4, 0.5) is 5.69 Å². The van der Waals surface area contributed by atoms with Crippen LogP contribution in [-0.4, -0.2) is 35.0 Å². The number of allylic oxidation sites excluding steroid dienone is 1. The van der Waals surface area contributed by atoms with Crippen LogP contribution >= 0.6 is 0 Å². The van der Waals surface area contributed by atoms with Crippen molar-refractivity contribution in [3.63, 3.8) is 0 Å². The number of hydrogen-bond donors (Lipinski definition) is 1. The summed E-state index contributed by atoms with van der Waals surface area (Å²) in [5.41, 5.74) is 12.4. The zero-order valence-electron chi connectivity index (χ0n) is 17.8. The zero-order chi connectivity index (χ0) is 21.3. The molecule has 1 saturated carbocycles. The lowest BCUT2D eigenvalue weighted by molar-refractivity contribution is 0.324. The Bertz CT molecular complexity index is 1010. The molecule has 1 aliphatic heterocycles.